The average Bonchev–Trinajstić information content (AvgIpc) is 3.32. The summed E-state index contributed by atoms with van der Waals surface area (Å²) in [7, 11) is 1.79. The highest BCUT2D eigenvalue weighted by Crippen LogP contribution is 2.32. The summed E-state index contributed by atoms with van der Waals surface area (Å²) in [6.07, 6.45) is 4.05. The van der Waals surface area contributed by atoms with Crippen LogP contribution < -0.4 is 10.1 Å². The number of ether oxygens (including phenoxy) is 1. The third-order valence-corrected chi connectivity index (χ3v) is 4.61. The highest BCUT2D eigenvalue weighted by molar-refractivity contribution is 5.76. The number of fused-ring (bicyclic) bond motifs is 1. The van der Waals surface area contributed by atoms with Gasteiger partial charge >= 0.3 is 0 Å². The fourth-order valence-corrected chi connectivity index (χ4v) is 3.21. The van der Waals surface area contributed by atoms with Gasteiger partial charge in [0.25, 0.3) is 6.43 Å². The Morgan fingerprint density at radius 2 is 1.97 bits per heavy atom. The molecule has 0 aliphatic carbocycles. The van der Waals surface area contributed by atoms with Crippen LogP contribution in [0.25, 0.3) is 16.8 Å². The largest absolute Gasteiger partial charge is 0.484 e. The van der Waals surface area contributed by atoms with Gasteiger partial charge in [-0.3, -0.25) is 4.68 Å². The average molecular weight is 434 g/mol. The summed E-state index contributed by atoms with van der Waals surface area (Å²) in [5.74, 6) is -1.93. The topological polar surface area (TPSA) is 69.3 Å². The molecule has 1 atom stereocenters. The molecule has 4 rings (SSSR count). The highest BCUT2D eigenvalue weighted by atomic mass is 19.3. The van der Waals surface area contributed by atoms with Crippen LogP contribution in [0.5, 0.6) is 5.75 Å². The number of anilines is 1. The van der Waals surface area contributed by atoms with Crippen molar-refractivity contribution in [3.8, 4) is 16.9 Å². The van der Waals surface area contributed by atoms with E-state index in [9.17, 15) is 17.6 Å². The Bertz CT molecular complexity index is 1220. The van der Waals surface area contributed by atoms with E-state index in [1.165, 1.54) is 0 Å². The maximum absolute atomic E-state index is 14.2. The molecule has 0 fully saturated rings. The number of aryl methyl sites for hydroxylation is 1. The van der Waals surface area contributed by atoms with Gasteiger partial charge in [0.1, 0.15) is 18.2 Å². The lowest BCUT2D eigenvalue weighted by Gasteiger charge is -2.19. The predicted octanol–water partition coefficient (Wildman–Crippen LogP) is 4.23. The molecule has 0 aliphatic heterocycles. The van der Waals surface area contributed by atoms with Gasteiger partial charge in [-0.25, -0.2) is 27.1 Å². The van der Waals surface area contributed by atoms with Gasteiger partial charge in [0, 0.05) is 42.2 Å². The summed E-state index contributed by atoms with van der Waals surface area (Å²) in [5, 5.41) is 11.4. The van der Waals surface area contributed by atoms with E-state index in [1.807, 2.05) is 6.20 Å². The third-order valence-electron chi connectivity index (χ3n) is 4.61. The van der Waals surface area contributed by atoms with Crippen molar-refractivity contribution in [3.63, 3.8) is 0 Å². The molecule has 1 unspecified atom stereocenters. The van der Waals surface area contributed by atoms with Crippen LogP contribution in [0.4, 0.5) is 23.4 Å². The molecule has 11 heteroatoms. The minimum atomic E-state index is -2.79. The molecule has 0 spiro atoms. The molecule has 31 heavy (non-hydrogen) atoms. The summed E-state index contributed by atoms with van der Waals surface area (Å²) in [6, 6.07) is 2.57. The summed E-state index contributed by atoms with van der Waals surface area (Å²) in [6.45, 7) is 0.616. The number of halogens is 4. The second-order valence-corrected chi connectivity index (χ2v) is 6.92. The number of aromatic nitrogens is 5. The Balaban J connectivity index is 1.65. The van der Waals surface area contributed by atoms with Gasteiger partial charge in [0.15, 0.2) is 17.2 Å². The highest BCUT2D eigenvalue weighted by Gasteiger charge is 2.20. The van der Waals surface area contributed by atoms with Gasteiger partial charge in [0.2, 0.25) is 0 Å². The number of alkyl halides is 2. The Kier molecular flexibility index (Phi) is 5.49. The second-order valence-electron chi connectivity index (χ2n) is 6.92. The molecule has 162 valence electrons. The minimum Gasteiger partial charge on any atom is -0.484 e. The first-order chi connectivity index (χ1) is 14.8. The predicted molar refractivity (Wildman–Crippen MR) is 105 cm³/mol. The Hall–Kier alpha value is -3.63. The molecule has 0 bridgehead atoms. The lowest BCUT2D eigenvalue weighted by molar-refractivity contribution is 0.0792. The fraction of sp³-hybridized carbons (Fsp3) is 0.250. The van der Waals surface area contributed by atoms with E-state index in [-0.39, 0.29) is 5.56 Å². The van der Waals surface area contributed by atoms with Crippen LogP contribution >= 0.6 is 0 Å². The summed E-state index contributed by atoms with van der Waals surface area (Å²) >= 11 is 0. The number of nitrogens with one attached hydrogen (secondary N) is 1. The van der Waals surface area contributed by atoms with Crippen molar-refractivity contribution >= 4 is 11.5 Å². The smallest absolute Gasteiger partial charge is 0.272 e. The maximum Gasteiger partial charge on any atom is 0.272 e. The van der Waals surface area contributed by atoms with Crippen LogP contribution in [0.2, 0.25) is 0 Å². The maximum atomic E-state index is 14.2. The molecule has 0 saturated carbocycles. The molecule has 0 amide bonds. The Morgan fingerprint density at radius 3 is 2.68 bits per heavy atom. The van der Waals surface area contributed by atoms with Crippen molar-refractivity contribution < 1.29 is 22.3 Å². The zero-order valence-corrected chi connectivity index (χ0v) is 16.6. The lowest BCUT2D eigenvalue weighted by Crippen LogP contribution is -2.14. The molecule has 1 N–H and O–H groups in total. The molecule has 4 aromatic rings. The number of hydrogen-bond donors (Lipinski definition) is 1. The van der Waals surface area contributed by atoms with E-state index in [4.69, 9.17) is 4.74 Å². The van der Waals surface area contributed by atoms with E-state index in [2.05, 4.69) is 20.5 Å². The summed E-state index contributed by atoms with van der Waals surface area (Å²) < 4.78 is 61.2. The molecule has 3 aromatic heterocycles. The minimum absolute atomic E-state index is 0.0563. The van der Waals surface area contributed by atoms with Crippen LogP contribution in [0, 0.1) is 11.6 Å². The van der Waals surface area contributed by atoms with E-state index in [0.29, 0.717) is 17.5 Å². The first-order valence-electron chi connectivity index (χ1n) is 9.31. The van der Waals surface area contributed by atoms with Gasteiger partial charge < -0.3 is 10.1 Å². The second kappa shape index (κ2) is 8.25. The first-order valence-corrected chi connectivity index (χ1v) is 9.31. The number of hydrogen-bond acceptors (Lipinski definition) is 5. The van der Waals surface area contributed by atoms with Crippen LogP contribution in [0.15, 0.2) is 43.0 Å². The molecule has 0 saturated heterocycles. The van der Waals surface area contributed by atoms with Crippen molar-refractivity contribution in [2.24, 2.45) is 7.05 Å². The fourth-order valence-electron chi connectivity index (χ4n) is 3.21. The van der Waals surface area contributed by atoms with Crippen LogP contribution in [0.1, 0.15) is 18.5 Å². The van der Waals surface area contributed by atoms with Crippen molar-refractivity contribution in [1.29, 1.82) is 0 Å². The van der Waals surface area contributed by atoms with Crippen LogP contribution in [-0.4, -0.2) is 37.4 Å². The quantitative estimate of drug-likeness (QED) is 0.441. The summed E-state index contributed by atoms with van der Waals surface area (Å²) in [5.41, 5.74) is 2.18. The molecule has 7 nitrogen and oxygen atoms in total. The zero-order valence-electron chi connectivity index (χ0n) is 16.6. The molecule has 0 aliphatic rings. The molecule has 0 radical (unpaired) electrons. The SMILES string of the molecule is CC(Nc1ccn2ncc(-c3cnn(C)c3)c2n1)c1cc(F)cc(F)c1OCC(F)F. The Morgan fingerprint density at radius 1 is 1.16 bits per heavy atom. The van der Waals surface area contributed by atoms with E-state index in [1.54, 1.807) is 47.8 Å². The van der Waals surface area contributed by atoms with Crippen molar-refractivity contribution in [3.05, 3.63) is 60.2 Å². The number of benzene rings is 1. The third kappa shape index (κ3) is 4.30. The van der Waals surface area contributed by atoms with Crippen molar-refractivity contribution in [2.75, 3.05) is 11.9 Å². The number of nitrogens with zero attached hydrogens (tertiary/aromatic N) is 5. The Labute approximate surface area is 174 Å². The summed E-state index contributed by atoms with van der Waals surface area (Å²) in [4.78, 5) is 4.54. The van der Waals surface area contributed by atoms with E-state index >= 15 is 0 Å². The van der Waals surface area contributed by atoms with Gasteiger partial charge in [-0.15, -0.1) is 0 Å². The number of rotatable bonds is 7. The monoisotopic (exact) mass is 434 g/mol. The first kappa shape index (κ1) is 20.6. The zero-order chi connectivity index (χ0) is 22.1. The van der Waals surface area contributed by atoms with E-state index in [0.717, 1.165) is 17.2 Å². The standard InChI is InChI=1S/C20H18F4N6O/c1-11(14-5-13(21)6-16(22)19(14)31-10-17(23)24)27-18-3-4-30-20(28-18)15(8-26-30)12-7-25-29(2)9-12/h3-9,11,17H,10H2,1-2H3,(H,27,28). The van der Waals surface area contributed by atoms with Gasteiger partial charge in [-0.1, -0.05) is 0 Å². The molecular formula is C20H18F4N6O. The van der Waals surface area contributed by atoms with Crippen LogP contribution in [0.3, 0.4) is 0 Å². The molecule has 3 heterocycles. The normalized spacial score (nSPS) is 12.5. The molecule has 1 aromatic carbocycles. The van der Waals surface area contributed by atoms with Gasteiger partial charge in [-0.2, -0.15) is 10.2 Å². The van der Waals surface area contributed by atoms with Gasteiger partial charge in [-0.05, 0) is 19.1 Å². The van der Waals surface area contributed by atoms with Crippen molar-refractivity contribution in [1.82, 2.24) is 24.4 Å². The van der Waals surface area contributed by atoms with Gasteiger partial charge in [0.05, 0.1) is 18.4 Å². The van der Waals surface area contributed by atoms with Crippen molar-refractivity contribution in [2.45, 2.75) is 19.4 Å². The molecular weight excluding hydrogens is 416 g/mol. The van der Waals surface area contributed by atoms with E-state index < -0.39 is 36.5 Å². The van der Waals surface area contributed by atoms with Crippen LogP contribution in [-0.2, 0) is 7.05 Å². The lowest BCUT2D eigenvalue weighted by atomic mass is 10.1.